The molecule has 5 heteroatoms. The van der Waals surface area contributed by atoms with Crippen LogP contribution in [0.2, 0.25) is 24.7 Å². The first-order chi connectivity index (χ1) is 13.4. The van der Waals surface area contributed by atoms with Crippen LogP contribution in [0.25, 0.3) is 28.0 Å². The maximum atomic E-state index is 6.02. The number of aromatic nitrogens is 3. The maximum Gasteiger partial charge on any atom is 0.157 e. The second-order valence-corrected chi connectivity index (χ2v) is 12.9. The van der Waals surface area contributed by atoms with E-state index in [9.17, 15) is 0 Å². The van der Waals surface area contributed by atoms with Gasteiger partial charge in [-0.15, -0.1) is 5.54 Å². The summed E-state index contributed by atoms with van der Waals surface area (Å²) in [5.41, 5.74) is 9.06. The maximum absolute atomic E-state index is 6.02. The van der Waals surface area contributed by atoms with E-state index in [0.717, 1.165) is 33.7 Å². The summed E-state index contributed by atoms with van der Waals surface area (Å²) < 4.78 is 1.86. The summed E-state index contributed by atoms with van der Waals surface area (Å²) in [6.45, 7) is 6.72. The fourth-order valence-electron chi connectivity index (χ4n) is 2.89. The summed E-state index contributed by atoms with van der Waals surface area (Å²) in [5, 5.41) is 5.53. The Hall–Kier alpha value is -2.87. The molecule has 0 aliphatic rings. The van der Waals surface area contributed by atoms with Crippen LogP contribution in [0.1, 0.15) is 5.69 Å². The van der Waals surface area contributed by atoms with E-state index in [4.69, 9.17) is 16.7 Å². The van der Waals surface area contributed by atoms with Crippen LogP contribution in [0.3, 0.4) is 0 Å². The average Bonchev–Trinajstić information content (AvgIpc) is 3.11. The van der Waals surface area contributed by atoms with Gasteiger partial charge in [0, 0.05) is 28.4 Å². The summed E-state index contributed by atoms with van der Waals surface area (Å²) in [6, 6.07) is 19.9. The van der Waals surface area contributed by atoms with Crippen molar-refractivity contribution >= 4 is 25.3 Å². The predicted molar refractivity (Wildman–Crippen MR) is 119 cm³/mol. The third-order valence-corrected chi connectivity index (χ3v) is 5.39. The normalized spacial score (nSPS) is 11.3. The molecule has 0 atom stereocenters. The molecule has 0 unspecified atom stereocenters. The third kappa shape index (κ3) is 3.86. The Morgan fingerprint density at radius 1 is 0.929 bits per heavy atom. The van der Waals surface area contributed by atoms with Crippen LogP contribution < -0.4 is 0 Å². The molecule has 0 amide bonds. The summed E-state index contributed by atoms with van der Waals surface area (Å²) in [6.07, 6.45) is 1.90. The molecule has 2 aromatic carbocycles. The van der Waals surface area contributed by atoms with Crippen molar-refractivity contribution < 1.29 is 0 Å². The minimum Gasteiger partial charge on any atom is -0.236 e. The smallest absolute Gasteiger partial charge is 0.157 e. The lowest BCUT2D eigenvalue weighted by molar-refractivity contribution is 0.930. The van der Waals surface area contributed by atoms with Crippen LogP contribution in [0.4, 0.5) is 0 Å². The van der Waals surface area contributed by atoms with Gasteiger partial charge in [-0.2, -0.15) is 5.10 Å². The van der Waals surface area contributed by atoms with Crippen molar-refractivity contribution in [2.24, 2.45) is 0 Å². The van der Waals surface area contributed by atoms with Gasteiger partial charge < -0.3 is 0 Å². The standard InChI is InChI=1S/C23H20ClN3Si/c1-28(2,3)14-13-22-20(17-7-5-4-6-8-17)16-25-23-15-21(26-27(22)23)18-9-11-19(24)12-10-18/h4-12,15-16H,1-3H3. The molecule has 2 heterocycles. The van der Waals surface area contributed by atoms with Crippen LogP contribution in [0, 0.1) is 11.5 Å². The predicted octanol–water partition coefficient (Wildman–Crippen LogP) is 5.95. The molecule has 138 valence electrons. The van der Waals surface area contributed by atoms with Gasteiger partial charge in [0.15, 0.2) is 5.65 Å². The molecule has 0 N–H and O–H groups in total. The lowest BCUT2D eigenvalue weighted by Gasteiger charge is -2.08. The van der Waals surface area contributed by atoms with E-state index in [1.165, 1.54) is 0 Å². The van der Waals surface area contributed by atoms with E-state index >= 15 is 0 Å². The zero-order valence-corrected chi connectivity index (χ0v) is 17.8. The van der Waals surface area contributed by atoms with Gasteiger partial charge in [-0.3, -0.25) is 0 Å². The molecule has 4 rings (SSSR count). The monoisotopic (exact) mass is 401 g/mol. The number of hydrogen-bond donors (Lipinski definition) is 0. The Labute approximate surface area is 171 Å². The van der Waals surface area contributed by atoms with E-state index in [-0.39, 0.29) is 0 Å². The van der Waals surface area contributed by atoms with Gasteiger partial charge in [-0.1, -0.05) is 79.6 Å². The van der Waals surface area contributed by atoms with Crippen LogP contribution >= 0.6 is 11.6 Å². The van der Waals surface area contributed by atoms with E-state index in [1.807, 2.05) is 59.2 Å². The van der Waals surface area contributed by atoms with Crippen molar-refractivity contribution in [3.05, 3.63) is 77.6 Å². The Morgan fingerprint density at radius 3 is 2.32 bits per heavy atom. The van der Waals surface area contributed by atoms with Crippen LogP contribution in [0.15, 0.2) is 66.9 Å². The highest BCUT2D eigenvalue weighted by Crippen LogP contribution is 2.26. The summed E-state index contributed by atoms with van der Waals surface area (Å²) in [4.78, 5) is 4.64. The van der Waals surface area contributed by atoms with E-state index in [2.05, 4.69) is 48.2 Å². The molecule has 0 saturated carbocycles. The van der Waals surface area contributed by atoms with Gasteiger partial charge in [0.1, 0.15) is 13.8 Å². The van der Waals surface area contributed by atoms with Crippen molar-refractivity contribution in [3.63, 3.8) is 0 Å². The molecule has 0 fully saturated rings. The Bertz CT molecular complexity index is 1190. The quantitative estimate of drug-likeness (QED) is 0.307. The molecular formula is C23H20ClN3Si. The SMILES string of the molecule is C[Si](C)(C)C#Cc1c(-c2ccccc2)cnc2cc(-c3ccc(Cl)cc3)nn12. The zero-order chi connectivity index (χ0) is 19.7. The Kier molecular flexibility index (Phi) is 4.80. The highest BCUT2D eigenvalue weighted by Gasteiger charge is 2.14. The average molecular weight is 402 g/mol. The molecule has 3 nitrogen and oxygen atoms in total. The van der Waals surface area contributed by atoms with Gasteiger partial charge in [-0.25, -0.2) is 9.50 Å². The van der Waals surface area contributed by atoms with Gasteiger partial charge in [0.2, 0.25) is 0 Å². The lowest BCUT2D eigenvalue weighted by Crippen LogP contribution is -2.16. The van der Waals surface area contributed by atoms with Crippen molar-refractivity contribution in [2.75, 3.05) is 0 Å². The zero-order valence-electron chi connectivity index (χ0n) is 16.1. The van der Waals surface area contributed by atoms with Crippen molar-refractivity contribution in [3.8, 4) is 33.8 Å². The molecule has 0 spiro atoms. The molecule has 0 aliphatic carbocycles. The molecule has 0 aliphatic heterocycles. The van der Waals surface area contributed by atoms with Crippen LogP contribution in [-0.4, -0.2) is 22.7 Å². The highest BCUT2D eigenvalue weighted by molar-refractivity contribution is 6.83. The van der Waals surface area contributed by atoms with E-state index < -0.39 is 8.07 Å². The molecule has 2 aromatic heterocycles. The molecule has 0 radical (unpaired) electrons. The largest absolute Gasteiger partial charge is 0.236 e. The highest BCUT2D eigenvalue weighted by atomic mass is 35.5. The summed E-state index contributed by atoms with van der Waals surface area (Å²) in [5.74, 6) is 3.42. The summed E-state index contributed by atoms with van der Waals surface area (Å²) >= 11 is 6.02. The van der Waals surface area contributed by atoms with Gasteiger partial charge in [0.05, 0.1) is 5.69 Å². The van der Waals surface area contributed by atoms with Crippen molar-refractivity contribution in [1.82, 2.24) is 14.6 Å². The molecule has 0 bridgehead atoms. The second-order valence-electron chi connectivity index (χ2n) is 7.69. The number of halogens is 1. The number of hydrogen-bond acceptors (Lipinski definition) is 2. The van der Waals surface area contributed by atoms with Gasteiger partial charge >= 0.3 is 0 Å². The fraction of sp³-hybridized carbons (Fsp3) is 0.130. The summed E-state index contributed by atoms with van der Waals surface area (Å²) in [7, 11) is -1.55. The van der Waals surface area contributed by atoms with Gasteiger partial charge in [-0.05, 0) is 17.7 Å². The Balaban J connectivity index is 1.95. The first-order valence-corrected chi connectivity index (χ1v) is 13.0. The number of rotatable bonds is 2. The van der Waals surface area contributed by atoms with E-state index in [0.29, 0.717) is 5.02 Å². The molecular weight excluding hydrogens is 382 g/mol. The molecule has 28 heavy (non-hydrogen) atoms. The number of benzene rings is 2. The second kappa shape index (κ2) is 7.27. The fourth-order valence-corrected chi connectivity index (χ4v) is 3.51. The van der Waals surface area contributed by atoms with Crippen LogP contribution in [-0.2, 0) is 0 Å². The number of nitrogens with zero attached hydrogens (tertiary/aromatic N) is 3. The number of fused-ring (bicyclic) bond motifs is 1. The lowest BCUT2D eigenvalue weighted by atomic mass is 10.1. The Morgan fingerprint density at radius 2 is 1.64 bits per heavy atom. The third-order valence-electron chi connectivity index (χ3n) is 4.26. The molecule has 0 saturated heterocycles. The molecule has 4 aromatic rings. The first kappa shape index (κ1) is 18.5. The minimum absolute atomic E-state index is 0.707. The van der Waals surface area contributed by atoms with Crippen LogP contribution in [0.5, 0.6) is 0 Å². The van der Waals surface area contributed by atoms with Crippen molar-refractivity contribution in [2.45, 2.75) is 19.6 Å². The minimum atomic E-state index is -1.55. The van der Waals surface area contributed by atoms with E-state index in [1.54, 1.807) is 0 Å². The topological polar surface area (TPSA) is 30.2 Å². The first-order valence-electron chi connectivity index (χ1n) is 9.14. The van der Waals surface area contributed by atoms with Gasteiger partial charge in [0.25, 0.3) is 0 Å². The van der Waals surface area contributed by atoms with Crippen molar-refractivity contribution in [1.29, 1.82) is 0 Å².